The summed E-state index contributed by atoms with van der Waals surface area (Å²) >= 11 is 3.48. The lowest BCUT2D eigenvalue weighted by Crippen LogP contribution is -1.98. The SMILES string of the molecule is Cc1cc(OCc2ccc(F)c(F)c2)cc(C)c1Br. The van der Waals surface area contributed by atoms with E-state index in [4.69, 9.17) is 4.74 Å². The molecule has 0 aromatic heterocycles. The standard InChI is InChI=1S/C15H13BrF2O/c1-9-5-12(6-10(2)15(9)16)19-8-11-3-4-13(17)14(18)7-11/h3-7H,8H2,1-2H3. The van der Waals surface area contributed by atoms with E-state index in [0.29, 0.717) is 11.3 Å². The Morgan fingerprint density at radius 2 is 1.63 bits per heavy atom. The van der Waals surface area contributed by atoms with E-state index < -0.39 is 11.6 Å². The normalized spacial score (nSPS) is 10.6. The summed E-state index contributed by atoms with van der Waals surface area (Å²) in [6, 6.07) is 7.56. The van der Waals surface area contributed by atoms with Crippen LogP contribution >= 0.6 is 15.9 Å². The number of benzene rings is 2. The van der Waals surface area contributed by atoms with Crippen LogP contribution in [0, 0.1) is 25.5 Å². The predicted molar refractivity (Wildman–Crippen MR) is 74.3 cm³/mol. The summed E-state index contributed by atoms with van der Waals surface area (Å²) in [6.07, 6.45) is 0. The van der Waals surface area contributed by atoms with Gasteiger partial charge in [-0.05, 0) is 54.8 Å². The maximum absolute atomic E-state index is 13.0. The molecule has 0 aliphatic rings. The van der Waals surface area contributed by atoms with E-state index in [0.717, 1.165) is 27.7 Å². The maximum atomic E-state index is 13.0. The molecule has 0 atom stereocenters. The summed E-state index contributed by atoms with van der Waals surface area (Å²) in [5.41, 5.74) is 2.73. The number of rotatable bonds is 3. The lowest BCUT2D eigenvalue weighted by atomic mass is 10.1. The monoisotopic (exact) mass is 326 g/mol. The largest absolute Gasteiger partial charge is 0.489 e. The van der Waals surface area contributed by atoms with Gasteiger partial charge in [0.05, 0.1) is 0 Å². The van der Waals surface area contributed by atoms with Crippen LogP contribution in [0.2, 0.25) is 0 Å². The van der Waals surface area contributed by atoms with Crippen molar-refractivity contribution in [3.05, 3.63) is 63.1 Å². The Labute approximate surface area is 119 Å². The Kier molecular flexibility index (Phi) is 4.20. The number of hydrogen-bond acceptors (Lipinski definition) is 1. The average molecular weight is 327 g/mol. The zero-order valence-electron chi connectivity index (χ0n) is 10.6. The van der Waals surface area contributed by atoms with Crippen molar-refractivity contribution in [1.29, 1.82) is 0 Å². The fraction of sp³-hybridized carbons (Fsp3) is 0.200. The molecule has 0 bridgehead atoms. The van der Waals surface area contributed by atoms with Crippen molar-refractivity contribution in [2.24, 2.45) is 0 Å². The fourth-order valence-corrected chi connectivity index (χ4v) is 2.01. The molecule has 0 amide bonds. The van der Waals surface area contributed by atoms with E-state index in [1.54, 1.807) is 0 Å². The highest BCUT2D eigenvalue weighted by Crippen LogP contribution is 2.26. The van der Waals surface area contributed by atoms with Crippen LogP contribution in [0.5, 0.6) is 5.75 Å². The molecule has 0 spiro atoms. The highest BCUT2D eigenvalue weighted by atomic mass is 79.9. The van der Waals surface area contributed by atoms with Gasteiger partial charge in [0.2, 0.25) is 0 Å². The van der Waals surface area contributed by atoms with Crippen molar-refractivity contribution in [2.45, 2.75) is 20.5 Å². The zero-order valence-corrected chi connectivity index (χ0v) is 12.2. The third-order valence-corrected chi connectivity index (χ3v) is 4.05. The van der Waals surface area contributed by atoms with Crippen molar-refractivity contribution < 1.29 is 13.5 Å². The second kappa shape index (κ2) is 5.70. The predicted octanol–water partition coefficient (Wildman–Crippen LogP) is 4.92. The number of aryl methyl sites for hydroxylation is 2. The van der Waals surface area contributed by atoms with Gasteiger partial charge < -0.3 is 4.74 Å². The third kappa shape index (κ3) is 3.32. The molecule has 0 heterocycles. The Morgan fingerprint density at radius 1 is 1.00 bits per heavy atom. The minimum Gasteiger partial charge on any atom is -0.489 e. The van der Waals surface area contributed by atoms with Crippen molar-refractivity contribution in [3.63, 3.8) is 0 Å². The van der Waals surface area contributed by atoms with Crippen LogP contribution in [0.3, 0.4) is 0 Å². The molecule has 0 aliphatic heterocycles. The molecule has 0 fully saturated rings. The molecule has 1 nitrogen and oxygen atoms in total. The van der Waals surface area contributed by atoms with Crippen molar-refractivity contribution in [2.75, 3.05) is 0 Å². The first-order valence-corrected chi connectivity index (χ1v) is 6.60. The zero-order chi connectivity index (χ0) is 14.0. The van der Waals surface area contributed by atoms with E-state index in [1.165, 1.54) is 6.07 Å². The van der Waals surface area contributed by atoms with E-state index in [9.17, 15) is 8.78 Å². The molecule has 2 aromatic carbocycles. The molecule has 4 heteroatoms. The molecule has 0 saturated carbocycles. The van der Waals surface area contributed by atoms with Crippen LogP contribution < -0.4 is 4.74 Å². The lowest BCUT2D eigenvalue weighted by molar-refractivity contribution is 0.304. The molecule has 2 rings (SSSR count). The summed E-state index contributed by atoms with van der Waals surface area (Å²) in [4.78, 5) is 0. The highest BCUT2D eigenvalue weighted by Gasteiger charge is 2.05. The molecular weight excluding hydrogens is 314 g/mol. The minimum absolute atomic E-state index is 0.206. The first-order chi connectivity index (χ1) is 8.97. The second-order valence-electron chi connectivity index (χ2n) is 4.41. The Hall–Kier alpha value is -1.42. The van der Waals surface area contributed by atoms with Gasteiger partial charge in [0.1, 0.15) is 12.4 Å². The van der Waals surface area contributed by atoms with Crippen LogP contribution in [-0.4, -0.2) is 0 Å². The molecule has 0 radical (unpaired) electrons. The minimum atomic E-state index is -0.857. The van der Waals surface area contributed by atoms with Crippen LogP contribution in [0.4, 0.5) is 8.78 Å². The number of halogens is 3. The maximum Gasteiger partial charge on any atom is 0.159 e. The van der Waals surface area contributed by atoms with E-state index >= 15 is 0 Å². The van der Waals surface area contributed by atoms with E-state index in [-0.39, 0.29) is 6.61 Å². The van der Waals surface area contributed by atoms with Crippen molar-refractivity contribution in [3.8, 4) is 5.75 Å². The van der Waals surface area contributed by atoms with Crippen LogP contribution in [0.15, 0.2) is 34.8 Å². The van der Waals surface area contributed by atoms with Crippen molar-refractivity contribution >= 4 is 15.9 Å². The molecule has 2 aromatic rings. The van der Waals surface area contributed by atoms with Gasteiger partial charge >= 0.3 is 0 Å². The quantitative estimate of drug-likeness (QED) is 0.777. The summed E-state index contributed by atoms with van der Waals surface area (Å²) in [6.45, 7) is 4.15. The van der Waals surface area contributed by atoms with Gasteiger partial charge in [-0.3, -0.25) is 0 Å². The second-order valence-corrected chi connectivity index (χ2v) is 5.20. The van der Waals surface area contributed by atoms with Gasteiger partial charge in [-0.1, -0.05) is 22.0 Å². The molecular formula is C15H13BrF2O. The lowest BCUT2D eigenvalue weighted by Gasteiger charge is -2.10. The molecule has 19 heavy (non-hydrogen) atoms. The van der Waals surface area contributed by atoms with Crippen LogP contribution in [-0.2, 0) is 6.61 Å². The molecule has 0 N–H and O–H groups in total. The Morgan fingerprint density at radius 3 is 2.21 bits per heavy atom. The summed E-state index contributed by atoms with van der Waals surface area (Å²) in [7, 11) is 0. The summed E-state index contributed by atoms with van der Waals surface area (Å²) in [5.74, 6) is -0.994. The van der Waals surface area contributed by atoms with Gasteiger partial charge in [0.15, 0.2) is 11.6 Å². The van der Waals surface area contributed by atoms with Gasteiger partial charge in [0, 0.05) is 4.47 Å². The number of hydrogen-bond donors (Lipinski definition) is 0. The van der Waals surface area contributed by atoms with Gasteiger partial charge in [-0.25, -0.2) is 8.78 Å². The van der Waals surface area contributed by atoms with Gasteiger partial charge in [-0.15, -0.1) is 0 Å². The molecule has 0 aliphatic carbocycles. The first-order valence-electron chi connectivity index (χ1n) is 5.81. The van der Waals surface area contributed by atoms with Gasteiger partial charge in [0.25, 0.3) is 0 Å². The number of ether oxygens (including phenoxy) is 1. The molecule has 0 unspecified atom stereocenters. The average Bonchev–Trinajstić information content (AvgIpc) is 2.37. The van der Waals surface area contributed by atoms with Crippen molar-refractivity contribution in [1.82, 2.24) is 0 Å². The van der Waals surface area contributed by atoms with Gasteiger partial charge in [-0.2, -0.15) is 0 Å². The topological polar surface area (TPSA) is 9.23 Å². The molecule has 100 valence electrons. The summed E-state index contributed by atoms with van der Waals surface area (Å²) in [5, 5.41) is 0. The summed E-state index contributed by atoms with van der Waals surface area (Å²) < 4.78 is 32.5. The first kappa shape index (κ1) is 14.0. The van der Waals surface area contributed by atoms with E-state index in [2.05, 4.69) is 15.9 Å². The van der Waals surface area contributed by atoms with Crippen LogP contribution in [0.25, 0.3) is 0 Å². The Bertz CT molecular complexity index is 588. The fourth-order valence-electron chi connectivity index (χ4n) is 1.79. The smallest absolute Gasteiger partial charge is 0.159 e. The highest BCUT2D eigenvalue weighted by molar-refractivity contribution is 9.10. The third-order valence-electron chi connectivity index (χ3n) is 2.80. The van der Waals surface area contributed by atoms with Crippen LogP contribution in [0.1, 0.15) is 16.7 Å². The Balaban J connectivity index is 2.12. The molecule has 0 saturated heterocycles. The van der Waals surface area contributed by atoms with E-state index in [1.807, 2.05) is 26.0 Å².